The van der Waals surface area contributed by atoms with Gasteiger partial charge in [0, 0.05) is 6.54 Å². The van der Waals surface area contributed by atoms with E-state index in [1.165, 1.54) is 11.3 Å². The molecular formula is C11H10ClN3OS2. The van der Waals surface area contributed by atoms with Gasteiger partial charge < -0.3 is 10.4 Å². The molecule has 0 aliphatic carbocycles. The van der Waals surface area contributed by atoms with Crippen LogP contribution in [0.3, 0.4) is 0 Å². The average Bonchev–Trinajstić information content (AvgIpc) is 2.95. The maximum absolute atomic E-state index is 10.3. The molecule has 2 aromatic rings. The first-order valence-electron chi connectivity index (χ1n) is 5.09. The van der Waals surface area contributed by atoms with E-state index >= 15 is 0 Å². The van der Waals surface area contributed by atoms with Crippen molar-refractivity contribution in [3.05, 3.63) is 33.1 Å². The summed E-state index contributed by atoms with van der Waals surface area (Å²) in [4.78, 5) is 0. The second kappa shape index (κ2) is 5.24. The van der Waals surface area contributed by atoms with Crippen molar-refractivity contribution in [1.82, 2.24) is 4.37 Å². The summed E-state index contributed by atoms with van der Waals surface area (Å²) >= 11 is 8.41. The summed E-state index contributed by atoms with van der Waals surface area (Å²) < 4.78 is 3.89. The van der Waals surface area contributed by atoms with Crippen molar-refractivity contribution in [2.24, 2.45) is 0 Å². The minimum Gasteiger partial charge on any atom is -0.384 e. The Labute approximate surface area is 118 Å². The zero-order valence-corrected chi connectivity index (χ0v) is 11.9. The SMILES string of the molecule is CC(O)(CNc1snc(Cl)c1C#N)c1ccsc1. The number of hydrogen-bond acceptors (Lipinski definition) is 6. The number of rotatable bonds is 4. The molecule has 2 N–H and O–H groups in total. The van der Waals surface area contributed by atoms with Crippen LogP contribution in [-0.4, -0.2) is 16.0 Å². The summed E-state index contributed by atoms with van der Waals surface area (Å²) in [5.41, 5.74) is 0.167. The van der Waals surface area contributed by atoms with Crippen LogP contribution < -0.4 is 5.32 Å². The van der Waals surface area contributed by atoms with Gasteiger partial charge in [0.05, 0.1) is 0 Å². The third-order valence-electron chi connectivity index (χ3n) is 2.50. The molecular weight excluding hydrogens is 290 g/mol. The van der Waals surface area contributed by atoms with Crippen LogP contribution >= 0.6 is 34.5 Å². The average molecular weight is 300 g/mol. The Morgan fingerprint density at radius 3 is 3.06 bits per heavy atom. The molecule has 2 rings (SSSR count). The van der Waals surface area contributed by atoms with Crippen LogP contribution in [0.2, 0.25) is 5.15 Å². The molecule has 0 saturated heterocycles. The smallest absolute Gasteiger partial charge is 0.162 e. The number of aliphatic hydroxyl groups is 1. The summed E-state index contributed by atoms with van der Waals surface area (Å²) in [7, 11) is 0. The minimum absolute atomic E-state index is 0.195. The van der Waals surface area contributed by atoms with E-state index in [-0.39, 0.29) is 11.7 Å². The fraction of sp³-hybridized carbons (Fsp3) is 0.273. The maximum atomic E-state index is 10.3. The van der Waals surface area contributed by atoms with E-state index in [1.54, 1.807) is 6.92 Å². The van der Waals surface area contributed by atoms with Crippen LogP contribution in [0, 0.1) is 11.3 Å². The number of nitrogens with zero attached hydrogens (tertiary/aromatic N) is 2. The Balaban J connectivity index is 2.10. The van der Waals surface area contributed by atoms with Gasteiger partial charge in [0.25, 0.3) is 0 Å². The summed E-state index contributed by atoms with van der Waals surface area (Å²) in [5.74, 6) is 0. The molecule has 0 saturated carbocycles. The fourth-order valence-corrected chi connectivity index (χ4v) is 3.13. The maximum Gasteiger partial charge on any atom is 0.162 e. The van der Waals surface area contributed by atoms with Crippen molar-refractivity contribution in [1.29, 1.82) is 5.26 Å². The van der Waals surface area contributed by atoms with Gasteiger partial charge in [-0.2, -0.15) is 21.0 Å². The topological polar surface area (TPSA) is 68.9 Å². The van der Waals surface area contributed by atoms with E-state index in [0.29, 0.717) is 10.6 Å². The van der Waals surface area contributed by atoms with Crippen molar-refractivity contribution in [2.75, 3.05) is 11.9 Å². The van der Waals surface area contributed by atoms with Gasteiger partial charge in [0.1, 0.15) is 22.2 Å². The highest BCUT2D eigenvalue weighted by Gasteiger charge is 2.24. The van der Waals surface area contributed by atoms with Crippen LogP contribution in [-0.2, 0) is 5.60 Å². The summed E-state index contributed by atoms with van der Waals surface area (Å²) in [6.45, 7) is 2.01. The van der Waals surface area contributed by atoms with Gasteiger partial charge >= 0.3 is 0 Å². The second-order valence-electron chi connectivity index (χ2n) is 3.93. The molecule has 94 valence electrons. The highest BCUT2D eigenvalue weighted by atomic mass is 35.5. The molecule has 0 spiro atoms. The predicted octanol–water partition coefficient (Wildman–Crippen LogP) is 3.05. The fourth-order valence-electron chi connectivity index (χ4n) is 1.41. The molecule has 2 heterocycles. The number of nitriles is 1. The highest BCUT2D eigenvalue weighted by Crippen LogP contribution is 2.29. The largest absolute Gasteiger partial charge is 0.384 e. The summed E-state index contributed by atoms with van der Waals surface area (Å²) in [5, 5.41) is 26.9. The third kappa shape index (κ3) is 2.65. The number of anilines is 1. The van der Waals surface area contributed by atoms with Gasteiger partial charge in [0.2, 0.25) is 0 Å². The zero-order chi connectivity index (χ0) is 13.2. The second-order valence-corrected chi connectivity index (χ2v) is 5.84. The lowest BCUT2D eigenvalue weighted by Gasteiger charge is -2.22. The number of aromatic nitrogens is 1. The van der Waals surface area contributed by atoms with Crippen molar-refractivity contribution in [3.8, 4) is 6.07 Å². The van der Waals surface area contributed by atoms with E-state index in [0.717, 1.165) is 17.1 Å². The third-order valence-corrected chi connectivity index (χ3v) is 4.36. The number of thiophene rings is 1. The molecule has 0 aliphatic rings. The molecule has 0 fully saturated rings. The standard InChI is InChI=1S/C11H10ClN3OS2/c1-11(16,7-2-3-17-5-7)6-14-10-8(4-13)9(12)15-18-10/h2-3,5,14,16H,6H2,1H3. The Bertz CT molecular complexity index is 572. The van der Waals surface area contributed by atoms with E-state index in [1.807, 2.05) is 22.9 Å². The van der Waals surface area contributed by atoms with Gasteiger partial charge in [-0.3, -0.25) is 0 Å². The Morgan fingerprint density at radius 2 is 2.44 bits per heavy atom. The first-order chi connectivity index (χ1) is 8.54. The van der Waals surface area contributed by atoms with Crippen LogP contribution in [0.25, 0.3) is 0 Å². The molecule has 18 heavy (non-hydrogen) atoms. The molecule has 0 aromatic carbocycles. The van der Waals surface area contributed by atoms with Crippen molar-refractivity contribution < 1.29 is 5.11 Å². The van der Waals surface area contributed by atoms with Crippen molar-refractivity contribution >= 4 is 39.5 Å². The normalized spacial score (nSPS) is 13.9. The first kappa shape index (κ1) is 13.3. The lowest BCUT2D eigenvalue weighted by molar-refractivity contribution is 0.0721. The molecule has 0 amide bonds. The van der Waals surface area contributed by atoms with Gasteiger partial charge in [-0.15, -0.1) is 0 Å². The molecule has 0 bridgehead atoms. The Morgan fingerprint density at radius 1 is 1.67 bits per heavy atom. The van der Waals surface area contributed by atoms with Gasteiger partial charge in [-0.25, -0.2) is 0 Å². The van der Waals surface area contributed by atoms with Crippen LogP contribution in [0.4, 0.5) is 5.00 Å². The lowest BCUT2D eigenvalue weighted by atomic mass is 9.99. The Kier molecular flexibility index (Phi) is 3.88. The molecule has 2 aromatic heterocycles. The van der Waals surface area contributed by atoms with E-state index in [9.17, 15) is 5.11 Å². The highest BCUT2D eigenvalue weighted by molar-refractivity contribution is 7.10. The van der Waals surface area contributed by atoms with Gasteiger partial charge in [0.15, 0.2) is 5.15 Å². The summed E-state index contributed by atoms with van der Waals surface area (Å²) in [6, 6.07) is 3.86. The van der Waals surface area contributed by atoms with E-state index in [4.69, 9.17) is 16.9 Å². The van der Waals surface area contributed by atoms with Crippen molar-refractivity contribution in [2.45, 2.75) is 12.5 Å². The zero-order valence-electron chi connectivity index (χ0n) is 9.48. The molecule has 7 heteroatoms. The van der Waals surface area contributed by atoms with E-state index < -0.39 is 5.60 Å². The van der Waals surface area contributed by atoms with Crippen LogP contribution in [0.5, 0.6) is 0 Å². The van der Waals surface area contributed by atoms with Crippen LogP contribution in [0.15, 0.2) is 16.8 Å². The van der Waals surface area contributed by atoms with Crippen molar-refractivity contribution in [3.63, 3.8) is 0 Å². The molecule has 0 radical (unpaired) electrons. The molecule has 4 nitrogen and oxygen atoms in total. The van der Waals surface area contributed by atoms with Gasteiger partial charge in [-0.1, -0.05) is 11.6 Å². The summed E-state index contributed by atoms with van der Waals surface area (Å²) in [6.07, 6.45) is 0. The van der Waals surface area contributed by atoms with Crippen LogP contribution in [0.1, 0.15) is 18.1 Å². The van der Waals surface area contributed by atoms with E-state index in [2.05, 4.69) is 9.69 Å². The quantitative estimate of drug-likeness (QED) is 0.910. The predicted molar refractivity (Wildman–Crippen MR) is 74.2 cm³/mol. The number of hydrogen-bond donors (Lipinski definition) is 2. The lowest BCUT2D eigenvalue weighted by Crippen LogP contribution is -2.30. The Hall–Kier alpha value is -1.13. The molecule has 0 aliphatic heterocycles. The molecule has 1 atom stereocenters. The monoisotopic (exact) mass is 299 g/mol. The number of halogens is 1. The number of nitrogens with one attached hydrogen (secondary N) is 1. The molecule has 1 unspecified atom stereocenters. The van der Waals surface area contributed by atoms with Gasteiger partial charge in [-0.05, 0) is 40.8 Å². The first-order valence-corrected chi connectivity index (χ1v) is 7.18. The minimum atomic E-state index is -0.997.